The molecule has 31 heavy (non-hydrogen) atoms. The number of rotatable bonds is 9. The van der Waals surface area contributed by atoms with Gasteiger partial charge in [0.1, 0.15) is 17.3 Å². The molecule has 0 N–H and O–H groups in total. The number of hydrogen-bond acceptors (Lipinski definition) is 6. The van der Waals surface area contributed by atoms with Crippen molar-refractivity contribution in [1.29, 1.82) is 0 Å². The first-order valence-electron chi connectivity index (χ1n) is 9.82. The van der Waals surface area contributed by atoms with Crippen molar-refractivity contribution in [2.75, 3.05) is 46.0 Å². The van der Waals surface area contributed by atoms with Crippen LogP contribution in [0.2, 0.25) is 5.02 Å². The smallest absolute Gasteiger partial charge is 0.244 e. The highest BCUT2D eigenvalue weighted by molar-refractivity contribution is 7.89. The highest BCUT2D eigenvalue weighted by Crippen LogP contribution is 2.26. The second-order valence-electron chi connectivity index (χ2n) is 6.76. The number of benzene rings is 2. The molecule has 170 valence electrons. The zero-order valence-electron chi connectivity index (χ0n) is 17.1. The first-order chi connectivity index (χ1) is 14.8. The Morgan fingerprint density at radius 1 is 0.839 bits per heavy atom. The van der Waals surface area contributed by atoms with Crippen LogP contribution in [0.3, 0.4) is 0 Å². The Morgan fingerprint density at radius 2 is 1.42 bits per heavy atom. The Hall–Kier alpha value is -1.69. The van der Waals surface area contributed by atoms with Crippen molar-refractivity contribution in [2.45, 2.75) is 16.7 Å². The molecule has 0 aliphatic carbocycles. The molecule has 1 aliphatic heterocycles. The summed E-state index contributed by atoms with van der Waals surface area (Å²) in [6.07, 6.45) is 0. The molecular weight excluding hydrogens is 464 g/mol. The van der Waals surface area contributed by atoms with Gasteiger partial charge in [-0.3, -0.25) is 0 Å². The minimum absolute atomic E-state index is 0.0212. The monoisotopic (exact) mass is 488 g/mol. The molecule has 0 spiro atoms. The average Bonchev–Trinajstić information content (AvgIpc) is 2.77. The van der Waals surface area contributed by atoms with Crippen molar-refractivity contribution in [3.8, 4) is 5.75 Å². The summed E-state index contributed by atoms with van der Waals surface area (Å²) in [6.45, 7) is 3.53. The Kier molecular flexibility index (Phi) is 7.95. The predicted molar refractivity (Wildman–Crippen MR) is 117 cm³/mol. The Bertz CT molecular complexity index is 1080. The topological polar surface area (TPSA) is 93.2 Å². The van der Waals surface area contributed by atoms with E-state index in [-0.39, 0.29) is 41.0 Å². The van der Waals surface area contributed by atoms with E-state index in [4.69, 9.17) is 21.1 Å². The summed E-state index contributed by atoms with van der Waals surface area (Å²) in [5.41, 5.74) is 0. The molecule has 2 aromatic rings. The van der Waals surface area contributed by atoms with Crippen LogP contribution >= 0.6 is 11.6 Å². The van der Waals surface area contributed by atoms with Gasteiger partial charge >= 0.3 is 0 Å². The van der Waals surface area contributed by atoms with Crippen LogP contribution in [0.25, 0.3) is 0 Å². The maximum absolute atomic E-state index is 13.0. The molecule has 0 aromatic heterocycles. The maximum Gasteiger partial charge on any atom is 0.244 e. The molecule has 1 fully saturated rings. The van der Waals surface area contributed by atoms with E-state index in [1.54, 1.807) is 24.3 Å². The van der Waals surface area contributed by atoms with Crippen LogP contribution in [0.15, 0.2) is 58.3 Å². The predicted octanol–water partition coefficient (Wildman–Crippen LogP) is 2.45. The lowest BCUT2D eigenvalue weighted by Crippen LogP contribution is -2.50. The van der Waals surface area contributed by atoms with E-state index >= 15 is 0 Å². The van der Waals surface area contributed by atoms with Gasteiger partial charge in [-0.05, 0) is 43.3 Å². The zero-order valence-corrected chi connectivity index (χ0v) is 19.5. The molecule has 11 heteroatoms. The second kappa shape index (κ2) is 10.3. The maximum atomic E-state index is 13.0. The van der Waals surface area contributed by atoms with Gasteiger partial charge < -0.3 is 9.47 Å². The van der Waals surface area contributed by atoms with Gasteiger partial charge in [0, 0.05) is 32.8 Å². The second-order valence-corrected chi connectivity index (χ2v) is 11.0. The molecule has 0 bridgehead atoms. The van der Waals surface area contributed by atoms with E-state index in [0.29, 0.717) is 25.6 Å². The Balaban J connectivity index is 1.64. The molecule has 0 amide bonds. The summed E-state index contributed by atoms with van der Waals surface area (Å²) in [5.74, 6) is 0.550. The Morgan fingerprint density at radius 3 is 2.00 bits per heavy atom. The van der Waals surface area contributed by atoms with Gasteiger partial charge in [0.05, 0.1) is 16.5 Å². The van der Waals surface area contributed by atoms with E-state index in [1.807, 2.05) is 6.92 Å². The largest absolute Gasteiger partial charge is 0.491 e. The lowest BCUT2D eigenvalue weighted by molar-refractivity contribution is 0.110. The fraction of sp³-hybridized carbons (Fsp3) is 0.400. The molecule has 3 rings (SSSR count). The highest BCUT2D eigenvalue weighted by atomic mass is 35.5. The van der Waals surface area contributed by atoms with Crippen molar-refractivity contribution >= 4 is 31.6 Å². The molecule has 0 saturated carbocycles. The van der Waals surface area contributed by atoms with Gasteiger partial charge in [-0.25, -0.2) is 16.8 Å². The van der Waals surface area contributed by atoms with Gasteiger partial charge in [-0.15, -0.1) is 0 Å². The third-order valence-electron chi connectivity index (χ3n) is 4.81. The summed E-state index contributed by atoms with van der Waals surface area (Å²) in [5, 5.41) is 0.140. The molecule has 1 heterocycles. The molecule has 0 unspecified atom stereocenters. The number of hydrogen-bond donors (Lipinski definition) is 0. The fourth-order valence-corrected chi connectivity index (χ4v) is 6.50. The average molecular weight is 489 g/mol. The van der Waals surface area contributed by atoms with Crippen molar-refractivity contribution in [1.82, 2.24) is 8.61 Å². The van der Waals surface area contributed by atoms with Crippen molar-refractivity contribution < 1.29 is 26.3 Å². The quantitative estimate of drug-likeness (QED) is 0.503. The molecule has 0 radical (unpaired) electrons. The van der Waals surface area contributed by atoms with Crippen molar-refractivity contribution in [2.24, 2.45) is 0 Å². The number of sulfonamides is 2. The summed E-state index contributed by atoms with van der Waals surface area (Å²) >= 11 is 6.04. The van der Waals surface area contributed by atoms with Crippen LogP contribution in [0.4, 0.5) is 0 Å². The van der Waals surface area contributed by atoms with Gasteiger partial charge in [0.2, 0.25) is 20.0 Å². The molecule has 8 nitrogen and oxygen atoms in total. The Labute approximate surface area is 188 Å². The number of ether oxygens (including phenoxy) is 2. The summed E-state index contributed by atoms with van der Waals surface area (Å²) < 4.78 is 64.9. The minimum Gasteiger partial charge on any atom is -0.491 e. The van der Waals surface area contributed by atoms with E-state index in [9.17, 15) is 16.8 Å². The fourth-order valence-electron chi connectivity index (χ4n) is 3.16. The zero-order chi connectivity index (χ0) is 22.5. The standard InChI is InChI=1S/C20H25ClN2O6S2/c1-2-28-15-16-29-17-7-9-18(10-8-17)30(24,25)22-11-13-23(14-12-22)31(26,27)20-6-4-3-5-19(20)21/h3-10H,2,11-16H2,1H3. The first-order valence-corrected chi connectivity index (χ1v) is 13.1. The number of nitrogens with zero attached hydrogens (tertiary/aromatic N) is 2. The first kappa shape index (κ1) is 24.0. The van der Waals surface area contributed by atoms with Gasteiger partial charge in [-0.1, -0.05) is 23.7 Å². The van der Waals surface area contributed by atoms with Crippen molar-refractivity contribution in [3.05, 3.63) is 53.6 Å². The van der Waals surface area contributed by atoms with Crippen molar-refractivity contribution in [3.63, 3.8) is 0 Å². The molecule has 0 atom stereocenters. The molecule has 2 aromatic carbocycles. The summed E-state index contributed by atoms with van der Waals surface area (Å²) in [6, 6.07) is 12.4. The van der Waals surface area contributed by atoms with E-state index in [0.717, 1.165) is 0 Å². The van der Waals surface area contributed by atoms with Crippen LogP contribution in [0.5, 0.6) is 5.75 Å². The SMILES string of the molecule is CCOCCOc1ccc(S(=O)(=O)N2CCN(S(=O)(=O)c3ccccc3Cl)CC2)cc1. The number of piperazine rings is 1. The molecular formula is C20H25ClN2O6S2. The van der Waals surface area contributed by atoms with Crippen LogP contribution < -0.4 is 4.74 Å². The normalized spacial score (nSPS) is 16.3. The minimum atomic E-state index is -3.79. The van der Waals surface area contributed by atoms with E-state index < -0.39 is 20.0 Å². The lowest BCUT2D eigenvalue weighted by atomic mass is 10.3. The summed E-state index contributed by atoms with van der Waals surface area (Å²) in [7, 11) is -7.54. The summed E-state index contributed by atoms with van der Waals surface area (Å²) in [4.78, 5) is 0.153. The van der Waals surface area contributed by atoms with Crippen LogP contribution in [0.1, 0.15) is 6.92 Å². The van der Waals surface area contributed by atoms with Gasteiger partial charge in [-0.2, -0.15) is 8.61 Å². The molecule has 1 saturated heterocycles. The van der Waals surface area contributed by atoms with Crippen LogP contribution in [-0.2, 0) is 24.8 Å². The van der Waals surface area contributed by atoms with Crippen LogP contribution in [-0.4, -0.2) is 71.4 Å². The molecule has 1 aliphatic rings. The van der Waals surface area contributed by atoms with E-state index in [1.165, 1.54) is 32.9 Å². The lowest BCUT2D eigenvalue weighted by Gasteiger charge is -2.33. The highest BCUT2D eigenvalue weighted by Gasteiger charge is 2.34. The van der Waals surface area contributed by atoms with Gasteiger partial charge in [0.25, 0.3) is 0 Å². The third-order valence-corrected chi connectivity index (χ3v) is 9.13. The third kappa shape index (κ3) is 5.57. The van der Waals surface area contributed by atoms with Gasteiger partial charge in [0.15, 0.2) is 0 Å². The van der Waals surface area contributed by atoms with E-state index in [2.05, 4.69) is 0 Å². The van der Waals surface area contributed by atoms with Crippen LogP contribution in [0, 0.1) is 0 Å². The number of halogens is 1.